The Morgan fingerprint density at radius 3 is 2.40 bits per heavy atom. The number of β-amino-alcohol motifs (C(OH)–C–C–N with tert-alkyl or cyclic N) is 1. The van der Waals surface area contributed by atoms with Crippen molar-refractivity contribution in [3.63, 3.8) is 0 Å². The van der Waals surface area contributed by atoms with Gasteiger partial charge in [-0.1, -0.05) is 0 Å². The van der Waals surface area contributed by atoms with Crippen LogP contribution in [0.2, 0.25) is 0 Å². The van der Waals surface area contributed by atoms with Gasteiger partial charge in [-0.15, -0.1) is 0 Å². The topological polar surface area (TPSA) is 94.9 Å². The highest BCUT2D eigenvalue weighted by atomic mass is 32.2. The van der Waals surface area contributed by atoms with Gasteiger partial charge in [0.2, 0.25) is 10.0 Å². The zero-order valence-electron chi connectivity index (χ0n) is 11.1. The lowest BCUT2D eigenvalue weighted by Crippen LogP contribution is -2.48. The predicted molar refractivity (Wildman–Crippen MR) is 72.0 cm³/mol. The van der Waals surface area contributed by atoms with Gasteiger partial charge in [-0.2, -0.15) is 4.31 Å². The summed E-state index contributed by atoms with van der Waals surface area (Å²) in [7, 11) is -3.70. The molecule has 6 nitrogen and oxygen atoms in total. The van der Waals surface area contributed by atoms with E-state index in [-0.39, 0.29) is 17.0 Å². The van der Waals surface area contributed by atoms with Gasteiger partial charge in [-0.05, 0) is 44.0 Å². The van der Waals surface area contributed by atoms with E-state index in [9.17, 15) is 18.3 Å². The Morgan fingerprint density at radius 1 is 1.30 bits per heavy atom. The molecule has 0 amide bonds. The maximum Gasteiger partial charge on any atom is 0.335 e. The molecule has 110 valence electrons. The van der Waals surface area contributed by atoms with Crippen LogP contribution in [0, 0.1) is 0 Å². The van der Waals surface area contributed by atoms with E-state index < -0.39 is 21.6 Å². The minimum absolute atomic E-state index is 0.0367. The summed E-state index contributed by atoms with van der Waals surface area (Å²) >= 11 is 0. The molecule has 7 heteroatoms. The van der Waals surface area contributed by atoms with Crippen molar-refractivity contribution in [1.29, 1.82) is 0 Å². The zero-order chi connectivity index (χ0) is 15.0. The number of nitrogens with zero attached hydrogens (tertiary/aromatic N) is 1. The summed E-state index contributed by atoms with van der Waals surface area (Å²) in [5.74, 6) is -1.10. The largest absolute Gasteiger partial charge is 0.478 e. The minimum Gasteiger partial charge on any atom is -0.478 e. The molecule has 1 aliphatic heterocycles. The van der Waals surface area contributed by atoms with E-state index in [0.717, 1.165) is 0 Å². The van der Waals surface area contributed by atoms with E-state index in [2.05, 4.69) is 0 Å². The van der Waals surface area contributed by atoms with Crippen LogP contribution in [0.5, 0.6) is 0 Å². The molecule has 0 aromatic heterocycles. The summed E-state index contributed by atoms with van der Waals surface area (Å²) in [4.78, 5) is 10.8. The van der Waals surface area contributed by atoms with Crippen molar-refractivity contribution in [2.24, 2.45) is 0 Å². The van der Waals surface area contributed by atoms with Crippen LogP contribution in [0.15, 0.2) is 29.2 Å². The Kier molecular flexibility index (Phi) is 3.86. The molecule has 2 N–H and O–H groups in total. The van der Waals surface area contributed by atoms with Crippen LogP contribution >= 0.6 is 0 Å². The van der Waals surface area contributed by atoms with Crippen molar-refractivity contribution in [2.45, 2.75) is 30.3 Å². The molecule has 1 fully saturated rings. The van der Waals surface area contributed by atoms with Gasteiger partial charge in [0, 0.05) is 13.1 Å². The fraction of sp³-hybridized carbons (Fsp3) is 0.462. The first-order valence-electron chi connectivity index (χ1n) is 6.28. The van der Waals surface area contributed by atoms with Gasteiger partial charge in [-0.25, -0.2) is 13.2 Å². The van der Waals surface area contributed by atoms with Crippen LogP contribution in [0.3, 0.4) is 0 Å². The standard InChI is InChI=1S/C13H17NO5S/c1-13(17)7-2-8-14(9-13)20(18,19)11-5-3-10(4-6-11)12(15)16/h3-6,17H,2,7-9H2,1H3,(H,15,16). The van der Waals surface area contributed by atoms with Crippen molar-refractivity contribution in [3.8, 4) is 0 Å². The summed E-state index contributed by atoms with van der Waals surface area (Å²) in [5.41, 5.74) is -0.985. The molecule has 1 atom stereocenters. The summed E-state index contributed by atoms with van der Waals surface area (Å²) in [5, 5.41) is 18.8. The molecule has 1 unspecified atom stereocenters. The quantitative estimate of drug-likeness (QED) is 0.865. The van der Waals surface area contributed by atoms with Crippen LogP contribution in [-0.2, 0) is 10.0 Å². The second-order valence-electron chi connectivity index (χ2n) is 5.27. The lowest BCUT2D eigenvalue weighted by Gasteiger charge is -2.35. The average Bonchev–Trinajstić information content (AvgIpc) is 2.37. The van der Waals surface area contributed by atoms with Crippen molar-refractivity contribution in [2.75, 3.05) is 13.1 Å². The third-order valence-corrected chi connectivity index (χ3v) is 5.24. The fourth-order valence-electron chi connectivity index (χ4n) is 2.30. The van der Waals surface area contributed by atoms with E-state index in [1.54, 1.807) is 6.92 Å². The number of sulfonamides is 1. The number of hydrogen-bond donors (Lipinski definition) is 2. The monoisotopic (exact) mass is 299 g/mol. The van der Waals surface area contributed by atoms with Gasteiger partial charge in [-0.3, -0.25) is 0 Å². The molecule has 0 saturated carbocycles. The van der Waals surface area contributed by atoms with E-state index in [1.807, 2.05) is 0 Å². The van der Waals surface area contributed by atoms with Crippen LogP contribution in [-0.4, -0.2) is 47.6 Å². The average molecular weight is 299 g/mol. The summed E-state index contributed by atoms with van der Waals surface area (Å²) in [6.45, 7) is 2.03. The molecule has 1 heterocycles. The van der Waals surface area contributed by atoms with Gasteiger partial charge in [0.15, 0.2) is 0 Å². The lowest BCUT2D eigenvalue weighted by molar-refractivity contribution is 0.00940. The molecule has 2 rings (SSSR count). The van der Waals surface area contributed by atoms with Crippen molar-refractivity contribution in [3.05, 3.63) is 29.8 Å². The first kappa shape index (κ1) is 15.0. The predicted octanol–water partition coefficient (Wildman–Crippen LogP) is 0.920. The molecular weight excluding hydrogens is 282 g/mol. The van der Waals surface area contributed by atoms with E-state index in [1.165, 1.54) is 28.6 Å². The van der Waals surface area contributed by atoms with Gasteiger partial charge >= 0.3 is 5.97 Å². The Hall–Kier alpha value is -1.44. The highest BCUT2D eigenvalue weighted by Crippen LogP contribution is 2.26. The highest BCUT2D eigenvalue weighted by molar-refractivity contribution is 7.89. The number of rotatable bonds is 3. The SMILES string of the molecule is CC1(O)CCCN(S(=O)(=O)c2ccc(C(=O)O)cc2)C1. The molecule has 0 bridgehead atoms. The summed E-state index contributed by atoms with van der Waals surface area (Å²) in [6.07, 6.45) is 1.16. The highest BCUT2D eigenvalue weighted by Gasteiger charge is 2.35. The first-order valence-corrected chi connectivity index (χ1v) is 7.72. The smallest absolute Gasteiger partial charge is 0.335 e. The maximum absolute atomic E-state index is 12.4. The minimum atomic E-state index is -3.70. The molecule has 1 aromatic carbocycles. The Balaban J connectivity index is 2.28. The maximum atomic E-state index is 12.4. The molecule has 0 spiro atoms. The molecular formula is C13H17NO5S. The number of carboxylic acids is 1. The van der Waals surface area contributed by atoms with E-state index in [4.69, 9.17) is 5.11 Å². The number of piperidine rings is 1. The van der Waals surface area contributed by atoms with E-state index >= 15 is 0 Å². The van der Waals surface area contributed by atoms with Crippen molar-refractivity contribution < 1.29 is 23.4 Å². The Labute approximate surface area is 117 Å². The third kappa shape index (κ3) is 3.00. The number of carbonyl (C=O) groups is 1. The Morgan fingerprint density at radius 2 is 1.90 bits per heavy atom. The molecule has 0 radical (unpaired) electrons. The van der Waals surface area contributed by atoms with Gasteiger partial charge in [0.1, 0.15) is 0 Å². The van der Waals surface area contributed by atoms with Crippen LogP contribution in [0.25, 0.3) is 0 Å². The fourth-order valence-corrected chi connectivity index (χ4v) is 3.89. The van der Waals surface area contributed by atoms with Crippen molar-refractivity contribution in [1.82, 2.24) is 4.31 Å². The second-order valence-corrected chi connectivity index (χ2v) is 7.21. The van der Waals surface area contributed by atoms with Crippen LogP contribution in [0.4, 0.5) is 0 Å². The van der Waals surface area contributed by atoms with Gasteiger partial charge in [0.05, 0.1) is 16.1 Å². The number of carboxylic acid groups (broad SMARTS) is 1. The number of aromatic carboxylic acids is 1. The second kappa shape index (κ2) is 5.16. The Bertz CT molecular complexity index is 606. The third-order valence-electron chi connectivity index (χ3n) is 3.38. The number of benzene rings is 1. The molecule has 1 aromatic rings. The summed E-state index contributed by atoms with van der Waals surface area (Å²) < 4.78 is 26.1. The number of aliphatic hydroxyl groups is 1. The summed E-state index contributed by atoms with van der Waals surface area (Å²) in [6, 6.07) is 5.08. The molecule has 1 saturated heterocycles. The normalized spacial score (nSPS) is 24.5. The van der Waals surface area contributed by atoms with Gasteiger partial charge in [0.25, 0.3) is 0 Å². The van der Waals surface area contributed by atoms with Gasteiger partial charge < -0.3 is 10.2 Å². The zero-order valence-corrected chi connectivity index (χ0v) is 11.9. The number of hydrogen-bond acceptors (Lipinski definition) is 4. The van der Waals surface area contributed by atoms with Crippen LogP contribution in [0.1, 0.15) is 30.1 Å². The lowest BCUT2D eigenvalue weighted by atomic mass is 9.97. The van der Waals surface area contributed by atoms with Crippen molar-refractivity contribution >= 4 is 16.0 Å². The first-order chi connectivity index (χ1) is 9.22. The van der Waals surface area contributed by atoms with Crippen LogP contribution < -0.4 is 0 Å². The molecule has 1 aliphatic rings. The molecule has 20 heavy (non-hydrogen) atoms. The molecule has 0 aliphatic carbocycles. The van der Waals surface area contributed by atoms with E-state index in [0.29, 0.717) is 19.4 Å².